The average Bonchev–Trinajstić information content (AvgIpc) is 2.61. The van der Waals surface area contributed by atoms with Gasteiger partial charge in [0.25, 0.3) is 5.69 Å². The first kappa shape index (κ1) is 15.4. The Morgan fingerprint density at radius 3 is 2.58 bits per heavy atom. The van der Waals surface area contributed by atoms with Gasteiger partial charge in [0.05, 0.1) is 16.1 Å². The topological polar surface area (TPSA) is 85.1 Å². The highest BCUT2D eigenvalue weighted by atomic mass is 16.6. The summed E-state index contributed by atoms with van der Waals surface area (Å²) in [7, 11) is 0. The third kappa shape index (κ3) is 3.44. The summed E-state index contributed by atoms with van der Waals surface area (Å²) in [6.45, 7) is 0. The van der Waals surface area contributed by atoms with E-state index in [0.29, 0.717) is 11.3 Å². The lowest BCUT2D eigenvalue weighted by molar-refractivity contribution is -0.384. The summed E-state index contributed by atoms with van der Waals surface area (Å²) in [6.07, 6.45) is 4.64. The van der Waals surface area contributed by atoms with E-state index in [9.17, 15) is 14.9 Å². The number of hydrogen-bond donors (Lipinski definition) is 1. The number of carbonyl (C=O) groups is 1. The Labute approximate surface area is 137 Å². The Morgan fingerprint density at radius 1 is 1.08 bits per heavy atom. The third-order valence-electron chi connectivity index (χ3n) is 3.42. The molecule has 0 unspecified atom stereocenters. The van der Waals surface area contributed by atoms with E-state index in [-0.39, 0.29) is 11.6 Å². The van der Waals surface area contributed by atoms with Crippen LogP contribution in [-0.2, 0) is 4.79 Å². The number of nitro benzene ring substituents is 1. The van der Waals surface area contributed by atoms with Crippen LogP contribution in [0.15, 0.2) is 66.9 Å². The van der Waals surface area contributed by atoms with Crippen LogP contribution >= 0.6 is 0 Å². The lowest BCUT2D eigenvalue weighted by Gasteiger charge is -2.05. The summed E-state index contributed by atoms with van der Waals surface area (Å²) < 4.78 is 0. The average molecular weight is 319 g/mol. The SMILES string of the molecule is O=C(/C=C/c1ccc([N+](=O)[O-])cc1)Nc1cccc2cccnc12. The minimum atomic E-state index is -0.465. The first-order valence-electron chi connectivity index (χ1n) is 7.21. The molecule has 6 nitrogen and oxygen atoms in total. The normalized spacial score (nSPS) is 10.8. The van der Waals surface area contributed by atoms with Gasteiger partial charge in [-0.15, -0.1) is 0 Å². The predicted molar refractivity (Wildman–Crippen MR) is 92.5 cm³/mol. The zero-order chi connectivity index (χ0) is 16.9. The van der Waals surface area contributed by atoms with E-state index < -0.39 is 4.92 Å². The second-order valence-electron chi connectivity index (χ2n) is 5.05. The summed E-state index contributed by atoms with van der Waals surface area (Å²) in [4.78, 5) is 26.5. The number of pyridine rings is 1. The van der Waals surface area contributed by atoms with Crippen molar-refractivity contribution < 1.29 is 9.72 Å². The largest absolute Gasteiger partial charge is 0.321 e. The van der Waals surface area contributed by atoms with Gasteiger partial charge in [0.15, 0.2) is 0 Å². The van der Waals surface area contributed by atoms with E-state index in [2.05, 4.69) is 10.3 Å². The van der Waals surface area contributed by atoms with E-state index in [4.69, 9.17) is 0 Å². The molecule has 6 heteroatoms. The Hall–Kier alpha value is -3.54. The van der Waals surface area contributed by atoms with Gasteiger partial charge in [-0.1, -0.05) is 18.2 Å². The van der Waals surface area contributed by atoms with Crippen molar-refractivity contribution >= 4 is 34.3 Å². The van der Waals surface area contributed by atoms with Crippen LogP contribution in [0.4, 0.5) is 11.4 Å². The number of non-ortho nitro benzene ring substituents is 1. The van der Waals surface area contributed by atoms with Crippen molar-refractivity contribution in [3.63, 3.8) is 0 Å². The van der Waals surface area contributed by atoms with Gasteiger partial charge in [0, 0.05) is 29.8 Å². The molecule has 1 N–H and O–H groups in total. The molecule has 0 aliphatic rings. The summed E-state index contributed by atoms with van der Waals surface area (Å²) in [6, 6.07) is 15.3. The first-order chi connectivity index (χ1) is 11.6. The van der Waals surface area contributed by atoms with Crippen molar-refractivity contribution in [2.75, 3.05) is 5.32 Å². The van der Waals surface area contributed by atoms with Crippen molar-refractivity contribution in [3.8, 4) is 0 Å². The molecule has 118 valence electrons. The fourth-order valence-electron chi connectivity index (χ4n) is 2.26. The van der Waals surface area contributed by atoms with Crippen molar-refractivity contribution in [1.82, 2.24) is 4.98 Å². The van der Waals surface area contributed by atoms with Crippen molar-refractivity contribution in [2.45, 2.75) is 0 Å². The number of rotatable bonds is 4. The smallest absolute Gasteiger partial charge is 0.269 e. The van der Waals surface area contributed by atoms with E-state index in [1.165, 1.54) is 18.2 Å². The standard InChI is InChI=1S/C18H13N3O3/c22-17(11-8-13-6-9-15(10-7-13)21(23)24)20-16-5-1-3-14-4-2-12-19-18(14)16/h1-12H,(H,20,22)/b11-8+. The van der Waals surface area contributed by atoms with E-state index in [1.54, 1.807) is 30.5 Å². The number of nitrogens with zero attached hydrogens (tertiary/aromatic N) is 2. The maximum Gasteiger partial charge on any atom is 0.269 e. The van der Waals surface area contributed by atoms with Crippen molar-refractivity contribution in [3.05, 3.63) is 82.5 Å². The molecule has 3 aromatic rings. The maximum atomic E-state index is 12.1. The maximum absolute atomic E-state index is 12.1. The molecule has 0 spiro atoms. The van der Waals surface area contributed by atoms with Crippen LogP contribution in [0.1, 0.15) is 5.56 Å². The molecule has 0 saturated heterocycles. The van der Waals surface area contributed by atoms with Crippen LogP contribution in [0, 0.1) is 10.1 Å². The summed E-state index contributed by atoms with van der Waals surface area (Å²) in [5.74, 6) is -0.300. The molecular weight excluding hydrogens is 306 g/mol. The molecule has 1 heterocycles. The summed E-state index contributed by atoms with van der Waals surface area (Å²) in [5, 5.41) is 14.3. The van der Waals surface area contributed by atoms with Crippen LogP contribution in [0.25, 0.3) is 17.0 Å². The predicted octanol–water partition coefficient (Wildman–Crippen LogP) is 3.79. The number of carbonyl (C=O) groups excluding carboxylic acids is 1. The molecule has 0 radical (unpaired) electrons. The van der Waals surface area contributed by atoms with Gasteiger partial charge >= 0.3 is 0 Å². The van der Waals surface area contributed by atoms with Gasteiger partial charge in [-0.25, -0.2) is 0 Å². The molecule has 1 aromatic heterocycles. The molecule has 0 aliphatic carbocycles. The zero-order valence-electron chi connectivity index (χ0n) is 12.5. The van der Waals surface area contributed by atoms with E-state index >= 15 is 0 Å². The van der Waals surface area contributed by atoms with Gasteiger partial charge in [-0.2, -0.15) is 0 Å². The number of anilines is 1. The molecular formula is C18H13N3O3. The molecule has 2 aromatic carbocycles. The fourth-order valence-corrected chi connectivity index (χ4v) is 2.26. The molecule has 1 amide bonds. The van der Waals surface area contributed by atoms with Crippen molar-refractivity contribution in [2.24, 2.45) is 0 Å². The van der Waals surface area contributed by atoms with Crippen LogP contribution in [0.3, 0.4) is 0 Å². The summed E-state index contributed by atoms with van der Waals surface area (Å²) >= 11 is 0. The van der Waals surface area contributed by atoms with Crippen LogP contribution < -0.4 is 5.32 Å². The van der Waals surface area contributed by atoms with Crippen LogP contribution in [0.5, 0.6) is 0 Å². The number of nitrogens with one attached hydrogen (secondary N) is 1. The van der Waals surface area contributed by atoms with Crippen molar-refractivity contribution in [1.29, 1.82) is 0 Å². The third-order valence-corrected chi connectivity index (χ3v) is 3.42. The van der Waals surface area contributed by atoms with Gasteiger partial charge in [0.1, 0.15) is 0 Å². The van der Waals surface area contributed by atoms with Gasteiger partial charge in [-0.3, -0.25) is 19.9 Å². The molecule has 0 saturated carbocycles. The Morgan fingerprint density at radius 2 is 1.83 bits per heavy atom. The second-order valence-corrected chi connectivity index (χ2v) is 5.05. The Balaban J connectivity index is 1.74. The number of benzene rings is 2. The quantitative estimate of drug-likeness (QED) is 0.450. The minimum absolute atomic E-state index is 0.0124. The number of aromatic nitrogens is 1. The lowest BCUT2D eigenvalue weighted by Crippen LogP contribution is -2.08. The molecule has 0 aliphatic heterocycles. The highest BCUT2D eigenvalue weighted by molar-refractivity contribution is 6.06. The molecule has 0 fully saturated rings. The van der Waals surface area contributed by atoms with Gasteiger partial charge in [0.2, 0.25) is 5.91 Å². The molecule has 0 bridgehead atoms. The molecule has 0 atom stereocenters. The second kappa shape index (κ2) is 6.70. The van der Waals surface area contributed by atoms with Gasteiger partial charge < -0.3 is 5.32 Å². The lowest BCUT2D eigenvalue weighted by atomic mass is 10.2. The summed E-state index contributed by atoms with van der Waals surface area (Å²) in [5.41, 5.74) is 2.06. The highest BCUT2D eigenvalue weighted by Gasteiger charge is 2.05. The van der Waals surface area contributed by atoms with Crippen LogP contribution in [-0.4, -0.2) is 15.8 Å². The number of fused-ring (bicyclic) bond motifs is 1. The number of amides is 1. The first-order valence-corrected chi connectivity index (χ1v) is 7.21. The van der Waals surface area contributed by atoms with Crippen LogP contribution in [0.2, 0.25) is 0 Å². The Bertz CT molecular complexity index is 928. The highest BCUT2D eigenvalue weighted by Crippen LogP contribution is 2.20. The molecule has 24 heavy (non-hydrogen) atoms. The number of hydrogen-bond acceptors (Lipinski definition) is 4. The number of nitro groups is 1. The van der Waals surface area contributed by atoms with Gasteiger partial charge in [-0.05, 0) is 35.9 Å². The van der Waals surface area contributed by atoms with E-state index in [1.807, 2.05) is 24.3 Å². The zero-order valence-corrected chi connectivity index (χ0v) is 12.5. The van der Waals surface area contributed by atoms with E-state index in [0.717, 1.165) is 10.9 Å². The minimum Gasteiger partial charge on any atom is -0.321 e. The molecule has 3 rings (SSSR count). The number of para-hydroxylation sites is 1. The monoisotopic (exact) mass is 319 g/mol. The fraction of sp³-hybridized carbons (Fsp3) is 0. The Kier molecular flexibility index (Phi) is 4.29.